The third-order valence-corrected chi connectivity index (χ3v) is 2.49. The highest BCUT2D eigenvalue weighted by Crippen LogP contribution is 2.13. The summed E-state index contributed by atoms with van der Waals surface area (Å²) in [5.74, 6) is 0. The molecular formula is C10H21NO3. The van der Waals surface area contributed by atoms with Crippen molar-refractivity contribution < 1.29 is 14.6 Å². The van der Waals surface area contributed by atoms with E-state index >= 15 is 0 Å². The Labute approximate surface area is 85.8 Å². The molecule has 1 fully saturated rings. The van der Waals surface area contributed by atoms with Gasteiger partial charge in [0.2, 0.25) is 0 Å². The van der Waals surface area contributed by atoms with Crippen molar-refractivity contribution in [3.05, 3.63) is 0 Å². The van der Waals surface area contributed by atoms with Gasteiger partial charge in [-0.3, -0.25) is 4.90 Å². The molecule has 4 nitrogen and oxygen atoms in total. The lowest BCUT2D eigenvalue weighted by Crippen LogP contribution is -2.35. The largest absolute Gasteiger partial charge is 0.394 e. The van der Waals surface area contributed by atoms with E-state index in [4.69, 9.17) is 14.6 Å². The molecule has 0 spiro atoms. The molecule has 1 heterocycles. The Morgan fingerprint density at radius 3 is 2.50 bits per heavy atom. The number of aliphatic hydroxyl groups excluding tert-OH is 1. The van der Waals surface area contributed by atoms with Crippen molar-refractivity contribution >= 4 is 0 Å². The van der Waals surface area contributed by atoms with Crippen LogP contribution in [0.3, 0.4) is 0 Å². The molecule has 2 atom stereocenters. The fourth-order valence-electron chi connectivity index (χ4n) is 1.73. The topological polar surface area (TPSA) is 41.9 Å². The van der Waals surface area contributed by atoms with Gasteiger partial charge in [0.05, 0.1) is 13.2 Å². The summed E-state index contributed by atoms with van der Waals surface area (Å²) in [5.41, 5.74) is 0. The van der Waals surface area contributed by atoms with Crippen molar-refractivity contribution in [1.82, 2.24) is 4.90 Å². The lowest BCUT2D eigenvalue weighted by molar-refractivity contribution is -0.192. The molecule has 84 valence electrons. The van der Waals surface area contributed by atoms with Crippen LogP contribution in [0.4, 0.5) is 0 Å². The fraction of sp³-hybridized carbons (Fsp3) is 1.00. The Balaban J connectivity index is 2.14. The van der Waals surface area contributed by atoms with E-state index in [9.17, 15) is 0 Å². The molecule has 4 heteroatoms. The zero-order valence-corrected chi connectivity index (χ0v) is 9.11. The molecule has 0 aromatic rings. The summed E-state index contributed by atoms with van der Waals surface area (Å²) < 4.78 is 10.9. The van der Waals surface area contributed by atoms with E-state index in [0.717, 1.165) is 13.1 Å². The van der Waals surface area contributed by atoms with Crippen molar-refractivity contribution in [1.29, 1.82) is 0 Å². The first-order chi connectivity index (χ1) is 6.74. The normalized spacial score (nSPS) is 22.5. The number of aliphatic hydroxyl groups is 1. The van der Waals surface area contributed by atoms with Crippen molar-refractivity contribution in [2.24, 2.45) is 0 Å². The van der Waals surface area contributed by atoms with Crippen LogP contribution in [0.2, 0.25) is 0 Å². The first kappa shape index (κ1) is 11.9. The summed E-state index contributed by atoms with van der Waals surface area (Å²) in [6.45, 7) is 6.54. The van der Waals surface area contributed by atoms with E-state index in [-0.39, 0.29) is 19.1 Å². The zero-order chi connectivity index (χ0) is 10.4. The molecule has 0 radical (unpaired) electrons. The predicted molar refractivity (Wildman–Crippen MR) is 53.9 cm³/mol. The molecule has 2 unspecified atom stereocenters. The minimum absolute atomic E-state index is 0.0474. The number of ether oxygens (including phenoxy) is 2. The number of likely N-dealkylation sites (tertiary alicyclic amines) is 1. The van der Waals surface area contributed by atoms with Gasteiger partial charge in [0.15, 0.2) is 6.29 Å². The molecule has 1 saturated heterocycles. The molecule has 1 aliphatic heterocycles. The highest BCUT2D eigenvalue weighted by Gasteiger charge is 2.20. The molecule has 0 bridgehead atoms. The zero-order valence-electron chi connectivity index (χ0n) is 9.11. The van der Waals surface area contributed by atoms with Gasteiger partial charge in [-0.2, -0.15) is 0 Å². The van der Waals surface area contributed by atoms with Crippen molar-refractivity contribution in [2.75, 3.05) is 26.3 Å². The van der Waals surface area contributed by atoms with Crippen molar-refractivity contribution in [3.8, 4) is 0 Å². The van der Waals surface area contributed by atoms with Gasteiger partial charge >= 0.3 is 0 Å². The lowest BCUT2D eigenvalue weighted by Gasteiger charge is -2.26. The van der Waals surface area contributed by atoms with Gasteiger partial charge in [0.1, 0.15) is 6.23 Å². The van der Waals surface area contributed by atoms with Crippen LogP contribution in [-0.2, 0) is 9.47 Å². The first-order valence-electron chi connectivity index (χ1n) is 5.36. The molecule has 1 N–H and O–H groups in total. The van der Waals surface area contributed by atoms with Gasteiger partial charge < -0.3 is 14.6 Å². The molecule has 0 aromatic carbocycles. The van der Waals surface area contributed by atoms with Gasteiger partial charge in [-0.05, 0) is 26.7 Å². The lowest BCUT2D eigenvalue weighted by atomic mass is 10.4. The van der Waals surface area contributed by atoms with Crippen LogP contribution in [0.1, 0.15) is 26.7 Å². The van der Waals surface area contributed by atoms with E-state index < -0.39 is 0 Å². The second-order valence-electron chi connectivity index (χ2n) is 3.64. The minimum atomic E-state index is -0.238. The van der Waals surface area contributed by atoms with Gasteiger partial charge in [-0.25, -0.2) is 0 Å². The van der Waals surface area contributed by atoms with Crippen LogP contribution in [-0.4, -0.2) is 48.8 Å². The van der Waals surface area contributed by atoms with Gasteiger partial charge in [-0.15, -0.1) is 0 Å². The second-order valence-corrected chi connectivity index (χ2v) is 3.64. The van der Waals surface area contributed by atoms with Crippen LogP contribution in [0.5, 0.6) is 0 Å². The monoisotopic (exact) mass is 203 g/mol. The number of hydrogen-bond acceptors (Lipinski definition) is 4. The van der Waals surface area contributed by atoms with Crippen LogP contribution >= 0.6 is 0 Å². The maximum Gasteiger partial charge on any atom is 0.156 e. The van der Waals surface area contributed by atoms with Crippen LogP contribution in [0.25, 0.3) is 0 Å². The fourth-order valence-corrected chi connectivity index (χ4v) is 1.73. The molecule has 1 aliphatic rings. The second kappa shape index (κ2) is 6.35. The standard InChI is InChI=1S/C10H21NO3/c1-9(11-5-3-4-6-11)14-10(2)13-8-7-12/h9-10,12H,3-8H2,1-2H3. The molecule has 1 rings (SSSR count). The van der Waals surface area contributed by atoms with E-state index in [1.54, 1.807) is 0 Å². The van der Waals surface area contributed by atoms with Gasteiger partial charge in [-0.1, -0.05) is 0 Å². The molecular weight excluding hydrogens is 182 g/mol. The van der Waals surface area contributed by atoms with E-state index in [1.165, 1.54) is 12.8 Å². The Morgan fingerprint density at radius 2 is 1.93 bits per heavy atom. The molecule has 0 aliphatic carbocycles. The number of rotatable bonds is 6. The molecule has 0 amide bonds. The quantitative estimate of drug-likeness (QED) is 0.648. The third-order valence-electron chi connectivity index (χ3n) is 2.49. The number of hydrogen-bond donors (Lipinski definition) is 1. The van der Waals surface area contributed by atoms with E-state index in [0.29, 0.717) is 6.61 Å². The summed E-state index contributed by atoms with van der Waals surface area (Å²) in [7, 11) is 0. The molecule has 0 aromatic heterocycles. The maximum atomic E-state index is 8.57. The Bertz CT molecular complexity index is 148. The highest BCUT2D eigenvalue weighted by atomic mass is 16.7. The summed E-state index contributed by atoms with van der Waals surface area (Å²) in [6.07, 6.45) is 2.41. The Hall–Kier alpha value is -0.160. The summed E-state index contributed by atoms with van der Waals surface area (Å²) in [4.78, 5) is 2.30. The summed E-state index contributed by atoms with van der Waals surface area (Å²) in [5, 5.41) is 8.57. The summed E-state index contributed by atoms with van der Waals surface area (Å²) >= 11 is 0. The van der Waals surface area contributed by atoms with Crippen LogP contribution in [0, 0.1) is 0 Å². The summed E-state index contributed by atoms with van der Waals surface area (Å²) in [6, 6.07) is 0. The van der Waals surface area contributed by atoms with Crippen molar-refractivity contribution in [3.63, 3.8) is 0 Å². The Kier molecular flexibility index (Phi) is 5.40. The molecule has 14 heavy (non-hydrogen) atoms. The van der Waals surface area contributed by atoms with E-state index in [1.807, 2.05) is 13.8 Å². The Morgan fingerprint density at radius 1 is 1.29 bits per heavy atom. The highest BCUT2D eigenvalue weighted by molar-refractivity contribution is 4.67. The maximum absolute atomic E-state index is 8.57. The van der Waals surface area contributed by atoms with E-state index in [2.05, 4.69) is 4.90 Å². The average molecular weight is 203 g/mol. The number of nitrogens with zero attached hydrogens (tertiary/aromatic N) is 1. The first-order valence-corrected chi connectivity index (χ1v) is 5.36. The van der Waals surface area contributed by atoms with Gasteiger partial charge in [0, 0.05) is 13.1 Å². The minimum Gasteiger partial charge on any atom is -0.394 e. The smallest absolute Gasteiger partial charge is 0.156 e. The predicted octanol–water partition coefficient (Wildman–Crippen LogP) is 0.800. The average Bonchev–Trinajstić information content (AvgIpc) is 2.67. The SMILES string of the molecule is CC(OCCO)OC(C)N1CCCC1. The van der Waals surface area contributed by atoms with Crippen molar-refractivity contribution in [2.45, 2.75) is 39.2 Å². The van der Waals surface area contributed by atoms with Gasteiger partial charge in [0.25, 0.3) is 0 Å². The van der Waals surface area contributed by atoms with Crippen LogP contribution in [0.15, 0.2) is 0 Å². The molecule has 0 saturated carbocycles. The third kappa shape index (κ3) is 3.92. The van der Waals surface area contributed by atoms with Crippen LogP contribution < -0.4 is 0 Å².